The fourth-order valence-corrected chi connectivity index (χ4v) is 2.14. The van der Waals surface area contributed by atoms with E-state index in [-0.39, 0.29) is 0 Å². The first kappa shape index (κ1) is 12.8. The highest BCUT2D eigenvalue weighted by atomic mass is 15.3. The van der Waals surface area contributed by atoms with Gasteiger partial charge in [-0.2, -0.15) is 0 Å². The zero-order chi connectivity index (χ0) is 12.6. The summed E-state index contributed by atoms with van der Waals surface area (Å²) in [5.74, 6) is 6.12. The van der Waals surface area contributed by atoms with Gasteiger partial charge in [0.1, 0.15) is 6.33 Å². The van der Waals surface area contributed by atoms with Crippen molar-refractivity contribution in [1.29, 1.82) is 0 Å². The highest BCUT2D eigenvalue weighted by Crippen LogP contribution is 2.17. The molecule has 1 heterocycles. The molecule has 1 aliphatic carbocycles. The van der Waals surface area contributed by atoms with E-state index in [1.54, 1.807) is 6.20 Å². The van der Waals surface area contributed by atoms with E-state index in [0.29, 0.717) is 18.5 Å². The Bertz CT molecular complexity index is 371. The van der Waals surface area contributed by atoms with Crippen LogP contribution in [0, 0.1) is 0 Å². The zero-order valence-electron chi connectivity index (χ0n) is 10.5. The molecule has 0 aliphatic heterocycles. The van der Waals surface area contributed by atoms with Crippen LogP contribution < -0.4 is 16.6 Å². The second-order valence-corrected chi connectivity index (χ2v) is 4.49. The monoisotopic (exact) mass is 248 g/mol. The molecule has 0 radical (unpaired) electrons. The number of nitrogens with zero attached hydrogens (tertiary/aromatic N) is 3. The molecule has 1 fully saturated rings. The molecule has 1 aromatic heterocycles. The van der Waals surface area contributed by atoms with Crippen molar-refractivity contribution in [3.63, 3.8) is 0 Å². The number of rotatable bonds is 3. The highest BCUT2D eigenvalue weighted by Gasteiger charge is 2.13. The number of guanidine groups is 1. The van der Waals surface area contributed by atoms with Gasteiger partial charge in [0.15, 0.2) is 0 Å². The average molecular weight is 248 g/mol. The number of nitrogens with one attached hydrogen (secondary N) is 2. The predicted molar refractivity (Wildman–Crippen MR) is 70.5 cm³/mol. The van der Waals surface area contributed by atoms with Gasteiger partial charge in [0.25, 0.3) is 0 Å². The van der Waals surface area contributed by atoms with Gasteiger partial charge in [0, 0.05) is 12.2 Å². The maximum absolute atomic E-state index is 5.48. The van der Waals surface area contributed by atoms with E-state index in [2.05, 4.69) is 25.7 Å². The summed E-state index contributed by atoms with van der Waals surface area (Å²) in [6.07, 6.45) is 9.50. The zero-order valence-corrected chi connectivity index (χ0v) is 10.5. The molecule has 6 heteroatoms. The minimum absolute atomic E-state index is 0.485. The molecule has 98 valence electrons. The van der Waals surface area contributed by atoms with Crippen LogP contribution in [0.5, 0.6) is 0 Å². The minimum Gasteiger partial charge on any atom is -0.353 e. The lowest BCUT2D eigenvalue weighted by Gasteiger charge is -2.24. The molecule has 0 saturated heterocycles. The van der Waals surface area contributed by atoms with E-state index >= 15 is 0 Å². The molecule has 2 rings (SSSR count). The van der Waals surface area contributed by atoms with Crippen molar-refractivity contribution in [1.82, 2.24) is 20.7 Å². The molecule has 1 aliphatic rings. The normalized spacial score (nSPS) is 17.5. The van der Waals surface area contributed by atoms with Gasteiger partial charge in [0.05, 0.1) is 12.2 Å². The van der Waals surface area contributed by atoms with E-state index in [1.807, 2.05) is 6.07 Å². The molecule has 1 saturated carbocycles. The summed E-state index contributed by atoms with van der Waals surface area (Å²) >= 11 is 0. The lowest BCUT2D eigenvalue weighted by molar-refractivity contribution is 0.410. The smallest absolute Gasteiger partial charge is 0.206 e. The lowest BCUT2D eigenvalue weighted by atomic mass is 9.96. The maximum Gasteiger partial charge on any atom is 0.206 e. The van der Waals surface area contributed by atoms with Crippen molar-refractivity contribution in [3.8, 4) is 0 Å². The molecule has 18 heavy (non-hydrogen) atoms. The number of nitrogens with two attached hydrogens (primary N) is 1. The molecule has 0 spiro atoms. The first-order chi connectivity index (χ1) is 8.88. The van der Waals surface area contributed by atoms with Crippen molar-refractivity contribution in [2.24, 2.45) is 10.8 Å². The number of aliphatic imine (C=N–C) groups is 1. The molecule has 1 aromatic rings. The average Bonchev–Trinajstić information content (AvgIpc) is 2.45. The quantitative estimate of drug-likeness (QED) is 0.317. The summed E-state index contributed by atoms with van der Waals surface area (Å²) in [5, 5.41) is 3.35. The number of hydrogen-bond acceptors (Lipinski definition) is 4. The topological polar surface area (TPSA) is 88.2 Å². The summed E-state index contributed by atoms with van der Waals surface area (Å²) < 4.78 is 0. The van der Waals surface area contributed by atoms with Crippen LogP contribution in [0.3, 0.4) is 0 Å². The van der Waals surface area contributed by atoms with E-state index in [1.165, 1.54) is 38.4 Å². The summed E-state index contributed by atoms with van der Waals surface area (Å²) in [5.41, 5.74) is 3.49. The largest absolute Gasteiger partial charge is 0.353 e. The number of aromatic nitrogens is 2. The van der Waals surface area contributed by atoms with Gasteiger partial charge in [-0.3, -0.25) is 5.43 Å². The molecule has 6 nitrogen and oxygen atoms in total. The third kappa shape index (κ3) is 3.96. The van der Waals surface area contributed by atoms with Gasteiger partial charge in [-0.25, -0.2) is 20.8 Å². The highest BCUT2D eigenvalue weighted by molar-refractivity contribution is 5.79. The molecular weight excluding hydrogens is 228 g/mol. The minimum atomic E-state index is 0.485. The Balaban J connectivity index is 1.87. The number of hydrazine groups is 1. The van der Waals surface area contributed by atoms with Crippen molar-refractivity contribution in [2.75, 3.05) is 0 Å². The van der Waals surface area contributed by atoms with Gasteiger partial charge in [-0.05, 0) is 18.9 Å². The van der Waals surface area contributed by atoms with Crippen molar-refractivity contribution >= 4 is 5.96 Å². The maximum atomic E-state index is 5.48. The van der Waals surface area contributed by atoms with Crippen LogP contribution in [0.2, 0.25) is 0 Å². The molecule has 0 bridgehead atoms. The Morgan fingerprint density at radius 3 is 2.89 bits per heavy atom. The van der Waals surface area contributed by atoms with Crippen LogP contribution in [-0.4, -0.2) is 22.0 Å². The lowest BCUT2D eigenvalue weighted by Crippen LogP contribution is -2.47. The van der Waals surface area contributed by atoms with Crippen molar-refractivity contribution in [2.45, 2.75) is 44.7 Å². The van der Waals surface area contributed by atoms with Crippen molar-refractivity contribution in [3.05, 3.63) is 24.3 Å². The van der Waals surface area contributed by atoms with Crippen LogP contribution in [0.1, 0.15) is 37.8 Å². The van der Waals surface area contributed by atoms with Gasteiger partial charge in [-0.1, -0.05) is 19.3 Å². The summed E-state index contributed by atoms with van der Waals surface area (Å²) in [6, 6.07) is 2.33. The van der Waals surface area contributed by atoms with Gasteiger partial charge in [0.2, 0.25) is 5.96 Å². The summed E-state index contributed by atoms with van der Waals surface area (Å²) in [6.45, 7) is 0.502. The predicted octanol–water partition coefficient (Wildman–Crippen LogP) is 0.718. The Kier molecular flexibility index (Phi) is 4.89. The third-order valence-corrected chi connectivity index (χ3v) is 3.13. The Morgan fingerprint density at radius 2 is 2.22 bits per heavy atom. The standard InChI is InChI=1S/C12H20N6/c13-18-12(17-10-4-2-1-3-5-10)15-8-11-6-7-14-9-16-11/h6-7,9-10H,1-5,8,13H2,(H2,15,17,18). The van der Waals surface area contributed by atoms with Crippen LogP contribution >= 0.6 is 0 Å². The van der Waals surface area contributed by atoms with Crippen molar-refractivity contribution < 1.29 is 0 Å². The molecular formula is C12H20N6. The van der Waals surface area contributed by atoms with E-state index in [4.69, 9.17) is 5.84 Å². The van der Waals surface area contributed by atoms with E-state index < -0.39 is 0 Å². The molecule has 0 atom stereocenters. The van der Waals surface area contributed by atoms with Crippen LogP contribution in [0.15, 0.2) is 23.6 Å². The van der Waals surface area contributed by atoms with Crippen LogP contribution in [0.25, 0.3) is 0 Å². The van der Waals surface area contributed by atoms with Crippen LogP contribution in [0.4, 0.5) is 0 Å². The second-order valence-electron chi connectivity index (χ2n) is 4.49. The molecule has 4 N–H and O–H groups in total. The third-order valence-electron chi connectivity index (χ3n) is 3.13. The molecule has 0 amide bonds. The number of hydrogen-bond donors (Lipinski definition) is 3. The van der Waals surface area contributed by atoms with Crippen LogP contribution in [-0.2, 0) is 6.54 Å². The van der Waals surface area contributed by atoms with Gasteiger partial charge < -0.3 is 5.32 Å². The van der Waals surface area contributed by atoms with E-state index in [9.17, 15) is 0 Å². The molecule has 0 aromatic carbocycles. The fourth-order valence-electron chi connectivity index (χ4n) is 2.14. The first-order valence-corrected chi connectivity index (χ1v) is 6.41. The summed E-state index contributed by atoms with van der Waals surface area (Å²) in [4.78, 5) is 12.4. The SMILES string of the molecule is NNC(=NCc1ccncn1)NC1CCCCC1. The Morgan fingerprint density at radius 1 is 1.39 bits per heavy atom. The Labute approximate surface area is 107 Å². The fraction of sp³-hybridized carbons (Fsp3) is 0.583. The molecule has 0 unspecified atom stereocenters. The second kappa shape index (κ2) is 6.90. The van der Waals surface area contributed by atoms with Gasteiger partial charge in [-0.15, -0.1) is 0 Å². The van der Waals surface area contributed by atoms with Gasteiger partial charge >= 0.3 is 0 Å². The first-order valence-electron chi connectivity index (χ1n) is 6.41. The summed E-state index contributed by atoms with van der Waals surface area (Å²) in [7, 11) is 0. The Hall–Kier alpha value is -1.69. The van der Waals surface area contributed by atoms with E-state index in [0.717, 1.165) is 5.69 Å².